The molecule has 0 rings (SSSR count). The van der Waals surface area contributed by atoms with E-state index in [0.29, 0.717) is 0 Å². The maximum atomic E-state index is 11.5. The zero-order chi connectivity index (χ0) is 12.9. The van der Waals surface area contributed by atoms with Crippen molar-refractivity contribution in [3.8, 4) is 0 Å². The van der Waals surface area contributed by atoms with E-state index < -0.39 is 16.2 Å². The lowest BCUT2D eigenvalue weighted by atomic mass is 10.3. The van der Waals surface area contributed by atoms with Gasteiger partial charge in [0.1, 0.15) is 0 Å². The number of ether oxygens (including phenoxy) is 1. The van der Waals surface area contributed by atoms with Crippen molar-refractivity contribution in [3.05, 3.63) is 24.4 Å². The molecule has 0 bridgehead atoms. The van der Waals surface area contributed by atoms with Gasteiger partial charge in [-0.1, -0.05) is 6.58 Å². The van der Waals surface area contributed by atoms with Crippen molar-refractivity contribution in [2.24, 2.45) is 0 Å². The van der Waals surface area contributed by atoms with Gasteiger partial charge in [-0.25, -0.2) is 4.79 Å². The molecule has 0 radical (unpaired) electrons. The quantitative estimate of drug-likeness (QED) is 0.389. The molecule has 0 saturated carbocycles. The molecule has 0 saturated heterocycles. The van der Waals surface area contributed by atoms with E-state index in [1.165, 1.54) is 40.5 Å². The van der Waals surface area contributed by atoms with Crippen LogP contribution in [0.5, 0.6) is 0 Å². The summed E-state index contributed by atoms with van der Waals surface area (Å²) in [5.41, 5.74) is 0.0725. The highest BCUT2D eigenvalue weighted by molar-refractivity contribution is 7.86. The molecule has 0 amide bonds. The molecule has 0 fully saturated rings. The first-order chi connectivity index (χ1) is 7.23. The van der Waals surface area contributed by atoms with E-state index >= 15 is 0 Å². The summed E-state index contributed by atoms with van der Waals surface area (Å²) in [7, 11) is 1.89. The summed E-state index contributed by atoms with van der Waals surface area (Å²) in [6.45, 7) is 3.43. The van der Waals surface area contributed by atoms with Crippen molar-refractivity contribution in [1.29, 1.82) is 0 Å². The lowest BCUT2D eigenvalue weighted by Gasteiger charge is -2.19. The third kappa shape index (κ3) is 3.67. The van der Waals surface area contributed by atoms with Crippen LogP contribution in [0.15, 0.2) is 24.4 Å². The normalized spacial score (nSPS) is 11.8. The maximum absolute atomic E-state index is 11.5. The van der Waals surface area contributed by atoms with Crippen LogP contribution >= 0.6 is 0 Å². The van der Waals surface area contributed by atoms with E-state index in [9.17, 15) is 13.2 Å². The Morgan fingerprint density at radius 1 is 1.31 bits per heavy atom. The Morgan fingerprint density at radius 3 is 2.19 bits per heavy atom. The molecule has 0 aromatic rings. The number of carbonyl (C=O) groups excluding carboxylic acids is 1. The Morgan fingerprint density at radius 2 is 1.81 bits per heavy atom. The van der Waals surface area contributed by atoms with Gasteiger partial charge < -0.3 is 4.74 Å². The lowest BCUT2D eigenvalue weighted by molar-refractivity contribution is -0.135. The van der Waals surface area contributed by atoms with Crippen LogP contribution in [-0.4, -0.2) is 51.3 Å². The number of methoxy groups -OCH3 is 1. The molecule has 0 aliphatic rings. The highest BCUT2D eigenvalue weighted by Gasteiger charge is 2.17. The molecular formula is C9H16N2O4S. The molecule has 7 heteroatoms. The van der Waals surface area contributed by atoms with Gasteiger partial charge in [0.2, 0.25) is 0 Å². The van der Waals surface area contributed by atoms with Crippen LogP contribution in [0, 0.1) is 0 Å². The number of rotatable bonds is 5. The van der Waals surface area contributed by atoms with Gasteiger partial charge >= 0.3 is 16.2 Å². The average molecular weight is 248 g/mol. The number of hydrogen-bond donors (Lipinski definition) is 0. The molecule has 0 aromatic heterocycles. The van der Waals surface area contributed by atoms with Crippen molar-refractivity contribution in [2.45, 2.75) is 0 Å². The van der Waals surface area contributed by atoms with Crippen LogP contribution < -0.4 is 0 Å². The smallest absolute Gasteiger partial charge is 0.337 e. The first kappa shape index (κ1) is 14.7. The zero-order valence-electron chi connectivity index (χ0n) is 9.80. The third-order valence-corrected chi connectivity index (χ3v) is 3.53. The van der Waals surface area contributed by atoms with Crippen LogP contribution in [0.4, 0.5) is 0 Å². The molecule has 0 aliphatic heterocycles. The van der Waals surface area contributed by atoms with Gasteiger partial charge in [0, 0.05) is 27.3 Å². The lowest BCUT2D eigenvalue weighted by Crippen LogP contribution is -2.34. The first-order valence-corrected chi connectivity index (χ1v) is 5.74. The Balaban J connectivity index is 4.71. The Bertz CT molecular complexity index is 398. The fourth-order valence-electron chi connectivity index (χ4n) is 0.729. The summed E-state index contributed by atoms with van der Waals surface area (Å²) in [6.07, 6.45) is 2.50. The van der Waals surface area contributed by atoms with E-state index in [2.05, 4.69) is 11.3 Å². The second-order valence-electron chi connectivity index (χ2n) is 3.14. The van der Waals surface area contributed by atoms with Crippen molar-refractivity contribution in [3.63, 3.8) is 0 Å². The Kier molecular flexibility index (Phi) is 5.19. The minimum absolute atomic E-state index is 0.0725. The second kappa shape index (κ2) is 5.66. The number of esters is 1. The van der Waals surface area contributed by atoms with Gasteiger partial charge in [-0.05, 0) is 6.08 Å². The van der Waals surface area contributed by atoms with Gasteiger partial charge in [-0.2, -0.15) is 12.7 Å². The number of nitrogens with zero attached hydrogens (tertiary/aromatic N) is 2. The Labute approximate surface area is 96.0 Å². The van der Waals surface area contributed by atoms with E-state index in [1.807, 2.05) is 0 Å². The van der Waals surface area contributed by atoms with Crippen LogP contribution in [0.1, 0.15) is 0 Å². The van der Waals surface area contributed by atoms with Crippen molar-refractivity contribution in [1.82, 2.24) is 8.61 Å². The van der Waals surface area contributed by atoms with Crippen LogP contribution in [0.2, 0.25) is 0 Å². The second-order valence-corrected chi connectivity index (χ2v) is 5.34. The summed E-state index contributed by atoms with van der Waals surface area (Å²) in [5.74, 6) is -0.605. The van der Waals surface area contributed by atoms with Gasteiger partial charge in [0.15, 0.2) is 0 Å². The summed E-state index contributed by atoms with van der Waals surface area (Å²) >= 11 is 0. The fourth-order valence-corrected chi connectivity index (χ4v) is 1.46. The monoisotopic (exact) mass is 248 g/mol. The van der Waals surface area contributed by atoms with Crippen molar-refractivity contribution in [2.75, 3.05) is 28.3 Å². The van der Waals surface area contributed by atoms with Crippen molar-refractivity contribution < 1.29 is 17.9 Å². The standard InChI is InChI=1S/C9H16N2O4S/c1-8(9(12)15-5)6-7-11(4)16(13,14)10(2)3/h6-7H,1H2,2-5H3/b7-6-. The molecule has 6 nitrogen and oxygen atoms in total. The van der Waals surface area contributed by atoms with Gasteiger partial charge in [-0.3, -0.25) is 4.31 Å². The maximum Gasteiger partial charge on any atom is 0.337 e. The van der Waals surface area contributed by atoms with Crippen LogP contribution in [-0.2, 0) is 19.7 Å². The largest absolute Gasteiger partial charge is 0.465 e. The third-order valence-electron chi connectivity index (χ3n) is 1.76. The van der Waals surface area contributed by atoms with Gasteiger partial charge in [0.05, 0.1) is 12.7 Å². The summed E-state index contributed by atoms with van der Waals surface area (Å²) < 4.78 is 29.5. The molecular weight excluding hydrogens is 232 g/mol. The highest BCUT2D eigenvalue weighted by atomic mass is 32.2. The molecule has 0 aromatic carbocycles. The molecule has 0 atom stereocenters. The first-order valence-electron chi connectivity index (χ1n) is 4.34. The highest BCUT2D eigenvalue weighted by Crippen LogP contribution is 2.04. The molecule has 16 heavy (non-hydrogen) atoms. The number of carbonyl (C=O) groups is 1. The van der Waals surface area contributed by atoms with Gasteiger partial charge in [0.25, 0.3) is 0 Å². The van der Waals surface area contributed by atoms with E-state index in [0.717, 1.165) is 8.61 Å². The van der Waals surface area contributed by atoms with Gasteiger partial charge in [-0.15, -0.1) is 0 Å². The predicted molar refractivity (Wildman–Crippen MR) is 60.7 cm³/mol. The SMILES string of the molecule is C=C(/C=C\N(C)S(=O)(=O)N(C)C)C(=O)OC. The molecule has 0 spiro atoms. The van der Waals surface area contributed by atoms with Crippen LogP contribution in [0.25, 0.3) is 0 Å². The summed E-state index contributed by atoms with van der Waals surface area (Å²) in [4.78, 5) is 11.0. The zero-order valence-corrected chi connectivity index (χ0v) is 10.6. The molecule has 0 aliphatic carbocycles. The average Bonchev–Trinajstić information content (AvgIpc) is 2.23. The molecule has 92 valence electrons. The predicted octanol–water partition coefficient (Wildman–Crippen LogP) is -0.0325. The fraction of sp³-hybridized carbons (Fsp3) is 0.444. The molecule has 0 heterocycles. The molecule has 0 N–H and O–H groups in total. The minimum Gasteiger partial charge on any atom is -0.465 e. The van der Waals surface area contributed by atoms with E-state index in [4.69, 9.17) is 0 Å². The van der Waals surface area contributed by atoms with E-state index in [-0.39, 0.29) is 5.57 Å². The minimum atomic E-state index is -3.52. The Hall–Kier alpha value is -1.34. The topological polar surface area (TPSA) is 66.9 Å². The molecule has 0 unspecified atom stereocenters. The summed E-state index contributed by atoms with van der Waals surface area (Å²) in [6, 6.07) is 0. The number of hydrogen-bond acceptors (Lipinski definition) is 4. The summed E-state index contributed by atoms with van der Waals surface area (Å²) in [5, 5.41) is 0. The van der Waals surface area contributed by atoms with Crippen molar-refractivity contribution >= 4 is 16.2 Å². The van der Waals surface area contributed by atoms with Crippen LogP contribution in [0.3, 0.4) is 0 Å². The van der Waals surface area contributed by atoms with E-state index in [1.54, 1.807) is 0 Å².